The average molecular weight is 424 g/mol. The maximum Gasteiger partial charge on any atom is 0.166 e. The fourth-order valence-corrected chi connectivity index (χ4v) is 6.19. The maximum atomic E-state index is 11.8. The Bertz CT molecular complexity index is 1160. The predicted octanol–water partition coefficient (Wildman–Crippen LogP) is 7.58. The zero-order chi connectivity index (χ0) is 21.8. The molecule has 0 amide bonds. The maximum absolute atomic E-state index is 11.8. The Kier molecular flexibility index (Phi) is 6.39. The molecule has 154 valence electrons. The van der Waals surface area contributed by atoms with Gasteiger partial charge in [-0.3, -0.25) is 4.79 Å². The molecule has 0 radical (unpaired) electrons. The van der Waals surface area contributed by atoms with Crippen LogP contribution in [0.5, 0.6) is 0 Å². The first kappa shape index (κ1) is 21.1. The molecule has 0 N–H and O–H groups in total. The van der Waals surface area contributed by atoms with Crippen molar-refractivity contribution >= 4 is 16.7 Å². The summed E-state index contributed by atoms with van der Waals surface area (Å²) in [7, 11) is -0.138. The lowest BCUT2D eigenvalue weighted by Gasteiger charge is -2.09. The second-order valence-electron chi connectivity index (χ2n) is 7.36. The Morgan fingerprint density at radius 3 is 1.71 bits per heavy atom. The van der Waals surface area contributed by atoms with E-state index in [4.69, 9.17) is 0 Å². The SMILES string of the molecule is CC.CC(=O)c1ccc2c(c1)Cc1cc([S+](c3ccccc3)c3ccccc3)ccc1-2. The molecule has 0 saturated carbocycles. The zero-order valence-electron chi connectivity index (χ0n) is 18.3. The first-order chi connectivity index (χ1) is 15.2. The van der Waals surface area contributed by atoms with E-state index in [1.54, 1.807) is 6.92 Å². The van der Waals surface area contributed by atoms with E-state index in [9.17, 15) is 4.79 Å². The Morgan fingerprint density at radius 1 is 0.645 bits per heavy atom. The summed E-state index contributed by atoms with van der Waals surface area (Å²) in [6.45, 7) is 5.63. The van der Waals surface area contributed by atoms with Gasteiger partial charge < -0.3 is 0 Å². The summed E-state index contributed by atoms with van der Waals surface area (Å²) >= 11 is 0. The Hall–Kier alpha value is -3.10. The normalized spacial score (nSPS) is 11.4. The van der Waals surface area contributed by atoms with Gasteiger partial charge in [0, 0.05) is 5.56 Å². The molecule has 1 aliphatic rings. The number of carbonyl (C=O) groups excluding carboxylic acids is 1. The van der Waals surface area contributed by atoms with Crippen molar-refractivity contribution < 1.29 is 4.79 Å². The topological polar surface area (TPSA) is 17.1 Å². The van der Waals surface area contributed by atoms with Crippen LogP contribution in [0.15, 0.2) is 112 Å². The molecule has 1 nitrogen and oxygen atoms in total. The summed E-state index contributed by atoms with van der Waals surface area (Å²) in [5, 5.41) is 0. The third-order valence-electron chi connectivity index (χ3n) is 5.45. The number of ketones is 1. The summed E-state index contributed by atoms with van der Waals surface area (Å²) in [5.74, 6) is 0.124. The molecule has 4 aromatic rings. The molecule has 0 fully saturated rings. The molecule has 0 heterocycles. The van der Waals surface area contributed by atoms with Crippen LogP contribution in [0, 0.1) is 0 Å². The lowest BCUT2D eigenvalue weighted by Crippen LogP contribution is -2.05. The molecule has 0 saturated heterocycles. The van der Waals surface area contributed by atoms with E-state index in [-0.39, 0.29) is 16.7 Å². The predicted molar refractivity (Wildman–Crippen MR) is 131 cm³/mol. The molecule has 0 unspecified atom stereocenters. The number of hydrogen-bond donors (Lipinski definition) is 0. The highest BCUT2D eigenvalue weighted by molar-refractivity contribution is 7.97. The van der Waals surface area contributed by atoms with Crippen molar-refractivity contribution in [1.29, 1.82) is 0 Å². The van der Waals surface area contributed by atoms with Gasteiger partial charge in [-0.25, -0.2) is 0 Å². The van der Waals surface area contributed by atoms with Crippen molar-refractivity contribution in [3.05, 3.63) is 114 Å². The van der Waals surface area contributed by atoms with E-state index in [0.29, 0.717) is 0 Å². The first-order valence-corrected chi connectivity index (χ1v) is 12.0. The highest BCUT2D eigenvalue weighted by atomic mass is 32.2. The van der Waals surface area contributed by atoms with Gasteiger partial charge in [0.25, 0.3) is 0 Å². The number of hydrogen-bond acceptors (Lipinski definition) is 1. The number of rotatable bonds is 4. The molecule has 0 aromatic heterocycles. The van der Waals surface area contributed by atoms with Gasteiger partial charge in [-0.2, -0.15) is 0 Å². The minimum absolute atomic E-state index is 0.124. The summed E-state index contributed by atoms with van der Waals surface area (Å²) in [6, 6.07) is 34.5. The second-order valence-corrected chi connectivity index (χ2v) is 9.38. The number of benzene rings is 4. The van der Waals surface area contributed by atoms with Crippen molar-refractivity contribution in [3.63, 3.8) is 0 Å². The van der Waals surface area contributed by atoms with Crippen LogP contribution in [0.3, 0.4) is 0 Å². The van der Waals surface area contributed by atoms with Gasteiger partial charge in [0.1, 0.15) is 0 Å². The van der Waals surface area contributed by atoms with Gasteiger partial charge in [-0.05, 0) is 84.1 Å². The number of Topliss-reactive ketones (excluding diaryl/α,β-unsaturated/α-hetero) is 1. The van der Waals surface area contributed by atoms with E-state index in [2.05, 4.69) is 91.0 Å². The van der Waals surface area contributed by atoms with E-state index < -0.39 is 0 Å². The Balaban J connectivity index is 0.00000112. The molecule has 5 rings (SSSR count). The summed E-state index contributed by atoms with van der Waals surface area (Å²) in [4.78, 5) is 15.8. The van der Waals surface area contributed by atoms with Gasteiger partial charge >= 0.3 is 0 Å². The molecule has 0 spiro atoms. The van der Waals surface area contributed by atoms with Crippen LogP contribution in [0.4, 0.5) is 0 Å². The Labute approximate surface area is 188 Å². The largest absolute Gasteiger partial charge is 0.295 e. The third-order valence-corrected chi connectivity index (χ3v) is 7.67. The Morgan fingerprint density at radius 2 is 1.16 bits per heavy atom. The minimum atomic E-state index is -0.138. The van der Waals surface area contributed by atoms with Crippen LogP contribution in [0.25, 0.3) is 11.1 Å². The van der Waals surface area contributed by atoms with E-state index in [0.717, 1.165) is 12.0 Å². The van der Waals surface area contributed by atoms with Crippen molar-refractivity contribution in [1.82, 2.24) is 0 Å². The van der Waals surface area contributed by atoms with Crippen molar-refractivity contribution in [2.24, 2.45) is 0 Å². The van der Waals surface area contributed by atoms with Crippen LogP contribution in [-0.2, 0) is 17.3 Å². The van der Waals surface area contributed by atoms with Gasteiger partial charge in [-0.1, -0.05) is 62.4 Å². The van der Waals surface area contributed by atoms with Gasteiger partial charge in [-0.15, -0.1) is 0 Å². The number of fused-ring (bicyclic) bond motifs is 3. The van der Waals surface area contributed by atoms with Crippen molar-refractivity contribution in [2.75, 3.05) is 0 Å². The molecule has 0 atom stereocenters. The van der Waals surface area contributed by atoms with Crippen molar-refractivity contribution in [2.45, 2.75) is 41.9 Å². The molecule has 0 aliphatic heterocycles. The van der Waals surface area contributed by atoms with Crippen molar-refractivity contribution in [3.8, 4) is 11.1 Å². The lowest BCUT2D eigenvalue weighted by molar-refractivity contribution is 0.101. The first-order valence-electron chi connectivity index (χ1n) is 10.8. The molecular weight excluding hydrogens is 396 g/mol. The minimum Gasteiger partial charge on any atom is -0.295 e. The third kappa shape index (κ3) is 4.22. The fraction of sp³-hybridized carbons (Fsp3) is 0.138. The summed E-state index contributed by atoms with van der Waals surface area (Å²) in [6.07, 6.45) is 0.889. The van der Waals surface area contributed by atoms with E-state index in [1.807, 2.05) is 19.9 Å². The van der Waals surface area contributed by atoms with Crippen LogP contribution in [-0.4, -0.2) is 5.78 Å². The van der Waals surface area contributed by atoms with Gasteiger partial charge in [0.2, 0.25) is 0 Å². The standard InChI is InChI=1S/C27H21OS.C2H6/c1-19(28)20-12-14-26-21(16-20)17-22-18-25(13-15-27(22)26)29(23-8-4-2-5-9-23)24-10-6-3-7-11-24;1-2/h2-16,18H,17H2,1H3;1-2H3/q+1;. The molecule has 1 aliphatic carbocycles. The van der Waals surface area contributed by atoms with E-state index in [1.165, 1.54) is 36.9 Å². The molecular formula is C29H27OS+. The highest BCUT2D eigenvalue weighted by Gasteiger charge is 2.30. The van der Waals surface area contributed by atoms with Crippen LogP contribution < -0.4 is 0 Å². The monoisotopic (exact) mass is 423 g/mol. The zero-order valence-corrected chi connectivity index (χ0v) is 19.1. The molecule has 0 bridgehead atoms. The number of carbonyl (C=O) groups is 1. The van der Waals surface area contributed by atoms with Crippen LogP contribution >= 0.6 is 0 Å². The smallest absolute Gasteiger partial charge is 0.166 e. The van der Waals surface area contributed by atoms with E-state index >= 15 is 0 Å². The van der Waals surface area contributed by atoms with Gasteiger partial charge in [0.05, 0.1) is 10.9 Å². The second kappa shape index (κ2) is 9.36. The molecule has 4 aromatic carbocycles. The van der Waals surface area contributed by atoms with Crippen LogP contribution in [0.1, 0.15) is 42.3 Å². The highest BCUT2D eigenvalue weighted by Crippen LogP contribution is 2.40. The summed E-state index contributed by atoms with van der Waals surface area (Å²) in [5.41, 5.74) is 5.95. The van der Waals surface area contributed by atoms with Gasteiger partial charge in [0.15, 0.2) is 20.5 Å². The quantitative estimate of drug-likeness (QED) is 0.215. The summed E-state index contributed by atoms with van der Waals surface area (Å²) < 4.78 is 0. The lowest BCUT2D eigenvalue weighted by atomic mass is 10.0. The average Bonchev–Trinajstić information content (AvgIpc) is 3.19. The van der Waals surface area contributed by atoms with Crippen LogP contribution in [0.2, 0.25) is 0 Å². The molecule has 2 heteroatoms. The fourth-order valence-electron chi connectivity index (χ4n) is 4.05. The molecule has 31 heavy (non-hydrogen) atoms.